The summed E-state index contributed by atoms with van der Waals surface area (Å²) in [4.78, 5) is 34.8. The highest BCUT2D eigenvalue weighted by Gasteiger charge is 2.11. The minimum Gasteiger partial charge on any atom is -0.467 e. The van der Waals surface area contributed by atoms with E-state index in [9.17, 15) is 14.4 Å². The van der Waals surface area contributed by atoms with Crippen LogP contribution in [0.5, 0.6) is 0 Å². The lowest BCUT2D eigenvalue weighted by Crippen LogP contribution is -2.33. The van der Waals surface area contributed by atoms with Crippen LogP contribution in [-0.4, -0.2) is 30.9 Å². The summed E-state index contributed by atoms with van der Waals surface area (Å²) in [7, 11) is 0. The molecule has 0 aliphatic carbocycles. The maximum absolute atomic E-state index is 11.8. The van der Waals surface area contributed by atoms with E-state index >= 15 is 0 Å². The Balaban J connectivity index is 1.64. The SMILES string of the molecule is O=C(COC(=O)CNC(=O)c1ccc(Br)cc1)NCc1ccco1. The van der Waals surface area contributed by atoms with Crippen molar-refractivity contribution in [2.45, 2.75) is 6.54 Å². The van der Waals surface area contributed by atoms with E-state index in [2.05, 4.69) is 26.6 Å². The molecule has 2 N–H and O–H groups in total. The molecule has 0 aliphatic heterocycles. The van der Waals surface area contributed by atoms with E-state index in [4.69, 9.17) is 9.15 Å². The number of hydrogen-bond acceptors (Lipinski definition) is 5. The van der Waals surface area contributed by atoms with Gasteiger partial charge < -0.3 is 19.8 Å². The van der Waals surface area contributed by atoms with E-state index in [0.717, 1.165) is 4.47 Å². The van der Waals surface area contributed by atoms with Gasteiger partial charge in [-0.3, -0.25) is 14.4 Å². The van der Waals surface area contributed by atoms with Crippen LogP contribution >= 0.6 is 15.9 Å². The van der Waals surface area contributed by atoms with Gasteiger partial charge in [-0.2, -0.15) is 0 Å². The van der Waals surface area contributed by atoms with E-state index in [1.807, 2.05) is 0 Å². The van der Waals surface area contributed by atoms with Crippen LogP contribution in [-0.2, 0) is 20.9 Å². The Kier molecular flexibility index (Phi) is 6.56. The molecule has 1 heterocycles. The van der Waals surface area contributed by atoms with Crippen LogP contribution in [0.25, 0.3) is 0 Å². The Hall–Kier alpha value is -2.61. The molecule has 2 rings (SSSR count). The zero-order valence-electron chi connectivity index (χ0n) is 12.6. The number of benzene rings is 1. The summed E-state index contributed by atoms with van der Waals surface area (Å²) in [6, 6.07) is 10.1. The van der Waals surface area contributed by atoms with Crippen LogP contribution in [0.4, 0.5) is 0 Å². The zero-order chi connectivity index (χ0) is 17.4. The number of halogens is 1. The predicted octanol–water partition coefficient (Wildman–Crippen LogP) is 1.63. The second kappa shape index (κ2) is 8.88. The molecule has 0 bridgehead atoms. The molecule has 0 fully saturated rings. The third kappa shape index (κ3) is 5.88. The summed E-state index contributed by atoms with van der Waals surface area (Å²) in [6.45, 7) is -0.530. The van der Waals surface area contributed by atoms with Crippen LogP contribution in [0.3, 0.4) is 0 Å². The number of rotatable bonds is 7. The average Bonchev–Trinajstić information content (AvgIpc) is 3.10. The quantitative estimate of drug-likeness (QED) is 0.695. The number of carbonyl (C=O) groups excluding carboxylic acids is 3. The Morgan fingerprint density at radius 2 is 1.83 bits per heavy atom. The molecule has 2 aromatic rings. The van der Waals surface area contributed by atoms with Crippen molar-refractivity contribution in [3.05, 3.63) is 58.5 Å². The largest absolute Gasteiger partial charge is 0.467 e. The number of nitrogens with one attached hydrogen (secondary N) is 2. The standard InChI is InChI=1S/C16H15BrN2O5/c17-12-5-3-11(4-6-12)16(22)19-9-15(21)24-10-14(20)18-8-13-2-1-7-23-13/h1-7H,8-10H2,(H,18,20)(H,19,22). The predicted molar refractivity (Wildman–Crippen MR) is 88.0 cm³/mol. The van der Waals surface area contributed by atoms with Gasteiger partial charge in [0.05, 0.1) is 12.8 Å². The zero-order valence-corrected chi connectivity index (χ0v) is 14.2. The number of esters is 1. The smallest absolute Gasteiger partial charge is 0.325 e. The monoisotopic (exact) mass is 394 g/mol. The highest BCUT2D eigenvalue weighted by molar-refractivity contribution is 9.10. The normalized spacial score (nSPS) is 10.0. The third-order valence-electron chi connectivity index (χ3n) is 2.90. The van der Waals surface area contributed by atoms with Gasteiger partial charge in [-0.25, -0.2) is 0 Å². The minimum atomic E-state index is -0.700. The van der Waals surface area contributed by atoms with Gasteiger partial charge >= 0.3 is 5.97 Å². The molecular formula is C16H15BrN2O5. The third-order valence-corrected chi connectivity index (χ3v) is 3.43. The van der Waals surface area contributed by atoms with Crippen molar-refractivity contribution >= 4 is 33.7 Å². The van der Waals surface area contributed by atoms with Crippen molar-refractivity contribution in [3.63, 3.8) is 0 Å². The lowest BCUT2D eigenvalue weighted by molar-refractivity contribution is -0.147. The summed E-state index contributed by atoms with van der Waals surface area (Å²) < 4.78 is 10.7. The molecule has 126 valence electrons. The van der Waals surface area contributed by atoms with Gasteiger partial charge in [0.1, 0.15) is 12.3 Å². The Labute approximate surface area is 146 Å². The second-order valence-electron chi connectivity index (χ2n) is 4.71. The molecule has 7 nitrogen and oxygen atoms in total. The lowest BCUT2D eigenvalue weighted by atomic mass is 10.2. The van der Waals surface area contributed by atoms with Gasteiger partial charge in [0.15, 0.2) is 6.61 Å². The molecule has 0 atom stereocenters. The number of ether oxygens (including phenoxy) is 1. The molecule has 0 radical (unpaired) electrons. The van der Waals surface area contributed by atoms with Crippen molar-refractivity contribution in [3.8, 4) is 0 Å². The molecule has 2 amide bonds. The first-order valence-corrected chi connectivity index (χ1v) is 7.82. The lowest BCUT2D eigenvalue weighted by Gasteiger charge is -2.07. The number of hydrogen-bond donors (Lipinski definition) is 2. The first-order chi connectivity index (χ1) is 11.5. The summed E-state index contributed by atoms with van der Waals surface area (Å²) in [5.74, 6) is -0.967. The first-order valence-electron chi connectivity index (χ1n) is 7.03. The molecule has 24 heavy (non-hydrogen) atoms. The maximum Gasteiger partial charge on any atom is 0.325 e. The average molecular weight is 395 g/mol. The van der Waals surface area contributed by atoms with E-state index in [1.165, 1.54) is 6.26 Å². The maximum atomic E-state index is 11.8. The van der Waals surface area contributed by atoms with Crippen molar-refractivity contribution < 1.29 is 23.5 Å². The van der Waals surface area contributed by atoms with Crippen LogP contribution in [0, 0.1) is 0 Å². The van der Waals surface area contributed by atoms with Gasteiger partial charge in [-0.15, -0.1) is 0 Å². The molecule has 8 heteroatoms. The topological polar surface area (TPSA) is 97.6 Å². The van der Waals surface area contributed by atoms with Crippen molar-refractivity contribution in [2.75, 3.05) is 13.2 Å². The van der Waals surface area contributed by atoms with Crippen LogP contribution in [0.2, 0.25) is 0 Å². The molecular weight excluding hydrogens is 380 g/mol. The molecule has 1 aromatic carbocycles. The van der Waals surface area contributed by atoms with E-state index in [1.54, 1.807) is 36.4 Å². The number of amides is 2. The van der Waals surface area contributed by atoms with Crippen LogP contribution < -0.4 is 10.6 Å². The van der Waals surface area contributed by atoms with Gasteiger partial charge in [0.25, 0.3) is 11.8 Å². The summed E-state index contributed by atoms with van der Waals surface area (Å²) in [5, 5.41) is 4.96. The van der Waals surface area contributed by atoms with Gasteiger partial charge in [-0.1, -0.05) is 15.9 Å². The number of furan rings is 1. The van der Waals surface area contributed by atoms with E-state index < -0.39 is 24.4 Å². The molecule has 0 spiro atoms. The molecule has 0 unspecified atom stereocenters. The Bertz CT molecular complexity index is 698. The molecule has 0 aliphatic rings. The Morgan fingerprint density at radius 1 is 1.08 bits per heavy atom. The fourth-order valence-corrected chi connectivity index (χ4v) is 1.97. The van der Waals surface area contributed by atoms with Crippen molar-refractivity contribution in [1.82, 2.24) is 10.6 Å². The summed E-state index contributed by atoms with van der Waals surface area (Å²) in [5.41, 5.74) is 0.419. The summed E-state index contributed by atoms with van der Waals surface area (Å²) in [6.07, 6.45) is 1.50. The van der Waals surface area contributed by atoms with Crippen molar-refractivity contribution in [2.24, 2.45) is 0 Å². The fourth-order valence-electron chi connectivity index (χ4n) is 1.70. The molecule has 1 aromatic heterocycles. The van der Waals surface area contributed by atoms with Crippen LogP contribution in [0.15, 0.2) is 51.6 Å². The van der Waals surface area contributed by atoms with Gasteiger partial charge in [0, 0.05) is 10.0 Å². The molecule has 0 saturated carbocycles. The van der Waals surface area contributed by atoms with Gasteiger partial charge in [0.2, 0.25) is 0 Å². The van der Waals surface area contributed by atoms with E-state index in [0.29, 0.717) is 11.3 Å². The fraction of sp³-hybridized carbons (Fsp3) is 0.188. The van der Waals surface area contributed by atoms with Crippen molar-refractivity contribution in [1.29, 1.82) is 0 Å². The molecule has 0 saturated heterocycles. The highest BCUT2D eigenvalue weighted by Crippen LogP contribution is 2.10. The highest BCUT2D eigenvalue weighted by atomic mass is 79.9. The van der Waals surface area contributed by atoms with Crippen LogP contribution in [0.1, 0.15) is 16.1 Å². The second-order valence-corrected chi connectivity index (χ2v) is 5.62. The van der Waals surface area contributed by atoms with E-state index in [-0.39, 0.29) is 13.1 Å². The number of carbonyl (C=O) groups is 3. The summed E-state index contributed by atoms with van der Waals surface area (Å²) >= 11 is 3.27. The van der Waals surface area contributed by atoms with Gasteiger partial charge in [-0.05, 0) is 36.4 Å². The minimum absolute atomic E-state index is 0.212. The first kappa shape index (κ1) is 17.7. The Morgan fingerprint density at radius 3 is 2.50 bits per heavy atom.